The normalized spacial score (nSPS) is 11.6. The average Bonchev–Trinajstić information content (AvgIpc) is 3.27. The van der Waals surface area contributed by atoms with E-state index in [1.54, 1.807) is 12.1 Å². The van der Waals surface area contributed by atoms with E-state index < -0.39 is 23.5 Å². The van der Waals surface area contributed by atoms with Crippen LogP contribution in [0, 0.1) is 5.82 Å². The zero-order valence-electron chi connectivity index (χ0n) is 18.0. The number of imidazole rings is 1. The molecule has 0 aliphatic rings. The van der Waals surface area contributed by atoms with E-state index in [2.05, 4.69) is 19.9 Å². The molecular formula is C25H14F4N4O3. The van der Waals surface area contributed by atoms with Crippen molar-refractivity contribution in [3.05, 3.63) is 90.0 Å². The summed E-state index contributed by atoms with van der Waals surface area (Å²) >= 11 is 0. The van der Waals surface area contributed by atoms with Crippen LogP contribution in [-0.2, 0) is 6.18 Å². The van der Waals surface area contributed by atoms with Crippen molar-refractivity contribution in [2.75, 3.05) is 0 Å². The molecule has 0 fully saturated rings. The fourth-order valence-corrected chi connectivity index (χ4v) is 3.52. The SMILES string of the molecule is O=C(O)c1cccc(Oc2ncc(-c3ccc(-c4nc5ccc(C(F)(F)F)cc5[nH]4)c(F)c3)cn2)c1. The molecule has 180 valence electrons. The number of carboxylic acids is 1. The van der Waals surface area contributed by atoms with Crippen molar-refractivity contribution in [1.82, 2.24) is 19.9 Å². The Balaban J connectivity index is 1.37. The summed E-state index contributed by atoms with van der Waals surface area (Å²) in [5.41, 5.74) is 0.647. The summed E-state index contributed by atoms with van der Waals surface area (Å²) < 4.78 is 59.3. The number of hydrogen-bond donors (Lipinski definition) is 2. The Labute approximate surface area is 200 Å². The molecule has 0 aliphatic heterocycles. The summed E-state index contributed by atoms with van der Waals surface area (Å²) in [6.45, 7) is 0. The van der Waals surface area contributed by atoms with Gasteiger partial charge >= 0.3 is 18.2 Å². The van der Waals surface area contributed by atoms with E-state index in [1.165, 1.54) is 48.8 Å². The van der Waals surface area contributed by atoms with Gasteiger partial charge in [0.2, 0.25) is 0 Å². The predicted octanol–water partition coefficient (Wildman–Crippen LogP) is 6.34. The van der Waals surface area contributed by atoms with Crippen molar-refractivity contribution in [3.8, 4) is 34.3 Å². The molecule has 2 N–H and O–H groups in total. The maximum absolute atomic E-state index is 14.9. The average molecular weight is 494 g/mol. The van der Waals surface area contributed by atoms with E-state index in [1.807, 2.05) is 0 Å². The largest absolute Gasteiger partial charge is 0.478 e. The minimum atomic E-state index is -4.50. The molecule has 0 saturated heterocycles. The lowest BCUT2D eigenvalue weighted by molar-refractivity contribution is -0.137. The molecule has 0 unspecified atom stereocenters. The van der Waals surface area contributed by atoms with Gasteiger partial charge in [-0.05, 0) is 54.1 Å². The van der Waals surface area contributed by atoms with Crippen LogP contribution in [0.2, 0.25) is 0 Å². The third kappa shape index (κ3) is 4.58. The molecule has 0 spiro atoms. The smallest absolute Gasteiger partial charge is 0.416 e. The molecule has 0 bridgehead atoms. The highest BCUT2D eigenvalue weighted by molar-refractivity contribution is 5.88. The standard InChI is InChI=1S/C25H14F4N4O3/c26-19-9-13(15-11-30-24(31-12-15)36-17-3-1-2-14(8-17)23(34)35)4-6-18(19)22-32-20-7-5-16(25(27,28)29)10-21(20)33-22/h1-12H,(H,32,33)(H,34,35). The number of H-pyrrole nitrogens is 1. The zero-order chi connectivity index (χ0) is 25.4. The Hall–Kier alpha value is -4.80. The molecule has 0 saturated carbocycles. The number of benzene rings is 3. The van der Waals surface area contributed by atoms with Crippen LogP contribution in [0.5, 0.6) is 11.8 Å². The van der Waals surface area contributed by atoms with Crippen LogP contribution in [0.4, 0.5) is 17.6 Å². The number of hydrogen-bond acceptors (Lipinski definition) is 5. The van der Waals surface area contributed by atoms with Gasteiger partial charge in [0.15, 0.2) is 0 Å². The molecule has 2 aromatic heterocycles. The second kappa shape index (κ2) is 8.77. The summed E-state index contributed by atoms with van der Waals surface area (Å²) in [5, 5.41) is 9.07. The number of aromatic amines is 1. The number of rotatable bonds is 5. The van der Waals surface area contributed by atoms with E-state index >= 15 is 0 Å². The molecule has 0 atom stereocenters. The summed E-state index contributed by atoms with van der Waals surface area (Å²) in [5.74, 6) is -1.41. The van der Waals surface area contributed by atoms with Crippen LogP contribution >= 0.6 is 0 Å². The molecule has 7 nitrogen and oxygen atoms in total. The fourth-order valence-electron chi connectivity index (χ4n) is 3.52. The monoisotopic (exact) mass is 494 g/mol. The molecule has 0 amide bonds. The Kier molecular flexibility index (Phi) is 5.59. The van der Waals surface area contributed by atoms with Crippen LogP contribution < -0.4 is 4.74 Å². The number of alkyl halides is 3. The number of carboxylic acid groups (broad SMARTS) is 1. The molecule has 0 aliphatic carbocycles. The molecule has 2 heterocycles. The topological polar surface area (TPSA) is 101 Å². The molecule has 5 aromatic rings. The van der Waals surface area contributed by atoms with Crippen LogP contribution in [0.1, 0.15) is 15.9 Å². The first kappa shape index (κ1) is 23.0. The number of nitrogens with one attached hydrogen (secondary N) is 1. The van der Waals surface area contributed by atoms with Crippen molar-refractivity contribution in [1.29, 1.82) is 0 Å². The minimum absolute atomic E-state index is 0.0288. The van der Waals surface area contributed by atoms with Crippen molar-refractivity contribution in [2.45, 2.75) is 6.18 Å². The van der Waals surface area contributed by atoms with Crippen LogP contribution in [0.3, 0.4) is 0 Å². The Bertz CT molecular complexity index is 1600. The van der Waals surface area contributed by atoms with Gasteiger partial charge < -0.3 is 14.8 Å². The maximum atomic E-state index is 14.9. The van der Waals surface area contributed by atoms with Gasteiger partial charge in [-0.3, -0.25) is 0 Å². The number of aromatic carboxylic acids is 1. The fraction of sp³-hybridized carbons (Fsp3) is 0.0400. The van der Waals surface area contributed by atoms with Gasteiger partial charge in [-0.15, -0.1) is 0 Å². The quantitative estimate of drug-likeness (QED) is 0.277. The van der Waals surface area contributed by atoms with Crippen molar-refractivity contribution in [3.63, 3.8) is 0 Å². The number of carbonyl (C=O) groups is 1. The second-order valence-electron chi connectivity index (χ2n) is 7.70. The summed E-state index contributed by atoms with van der Waals surface area (Å²) in [7, 11) is 0. The molecule has 11 heteroatoms. The van der Waals surface area contributed by atoms with E-state index in [0.29, 0.717) is 11.1 Å². The van der Waals surface area contributed by atoms with Gasteiger partial charge in [-0.1, -0.05) is 12.1 Å². The Morgan fingerprint density at radius 1 is 0.944 bits per heavy atom. The Morgan fingerprint density at radius 2 is 1.72 bits per heavy atom. The molecule has 36 heavy (non-hydrogen) atoms. The predicted molar refractivity (Wildman–Crippen MR) is 121 cm³/mol. The zero-order valence-corrected chi connectivity index (χ0v) is 18.0. The van der Waals surface area contributed by atoms with Gasteiger partial charge in [-0.25, -0.2) is 24.1 Å². The van der Waals surface area contributed by atoms with Crippen LogP contribution in [0.15, 0.2) is 73.1 Å². The lowest BCUT2D eigenvalue weighted by atomic mass is 10.1. The third-order valence-electron chi connectivity index (χ3n) is 5.29. The first-order chi connectivity index (χ1) is 17.2. The number of nitrogens with zero attached hydrogens (tertiary/aromatic N) is 3. The number of ether oxygens (including phenoxy) is 1. The first-order valence-corrected chi connectivity index (χ1v) is 10.4. The molecular weight excluding hydrogens is 480 g/mol. The van der Waals surface area contributed by atoms with Crippen LogP contribution in [-0.4, -0.2) is 31.0 Å². The van der Waals surface area contributed by atoms with Gasteiger partial charge in [0.25, 0.3) is 0 Å². The number of aromatic nitrogens is 4. The molecule has 3 aromatic carbocycles. The van der Waals surface area contributed by atoms with E-state index in [0.717, 1.165) is 12.1 Å². The molecule has 0 radical (unpaired) electrons. The van der Waals surface area contributed by atoms with Crippen molar-refractivity contribution >= 4 is 17.0 Å². The van der Waals surface area contributed by atoms with Gasteiger partial charge in [0.05, 0.1) is 27.7 Å². The van der Waals surface area contributed by atoms with Gasteiger partial charge in [0.1, 0.15) is 17.4 Å². The van der Waals surface area contributed by atoms with Crippen molar-refractivity contribution in [2.24, 2.45) is 0 Å². The Morgan fingerprint density at radius 3 is 2.42 bits per heavy atom. The van der Waals surface area contributed by atoms with E-state index in [9.17, 15) is 22.4 Å². The highest BCUT2D eigenvalue weighted by atomic mass is 19.4. The van der Waals surface area contributed by atoms with Crippen molar-refractivity contribution < 1.29 is 32.2 Å². The summed E-state index contributed by atoms with van der Waals surface area (Å²) in [6.07, 6.45) is -1.67. The third-order valence-corrected chi connectivity index (χ3v) is 5.29. The van der Waals surface area contributed by atoms with E-state index in [4.69, 9.17) is 9.84 Å². The van der Waals surface area contributed by atoms with E-state index in [-0.39, 0.29) is 39.7 Å². The van der Waals surface area contributed by atoms with Crippen LogP contribution in [0.25, 0.3) is 33.5 Å². The second-order valence-corrected chi connectivity index (χ2v) is 7.70. The number of halogens is 4. The highest BCUT2D eigenvalue weighted by Gasteiger charge is 2.30. The first-order valence-electron chi connectivity index (χ1n) is 10.4. The lowest BCUT2D eigenvalue weighted by Crippen LogP contribution is -2.04. The minimum Gasteiger partial charge on any atom is -0.478 e. The maximum Gasteiger partial charge on any atom is 0.416 e. The van der Waals surface area contributed by atoms with Gasteiger partial charge in [0, 0.05) is 18.0 Å². The summed E-state index contributed by atoms with van der Waals surface area (Å²) in [4.78, 5) is 26.2. The van der Waals surface area contributed by atoms with Gasteiger partial charge in [-0.2, -0.15) is 13.2 Å². The summed E-state index contributed by atoms with van der Waals surface area (Å²) in [6, 6.07) is 13.2. The lowest BCUT2D eigenvalue weighted by Gasteiger charge is -2.07. The highest BCUT2D eigenvalue weighted by Crippen LogP contribution is 2.33. The number of fused-ring (bicyclic) bond motifs is 1. The molecule has 5 rings (SSSR count).